The molecule has 7 nitrogen and oxygen atoms in total. The third-order valence-corrected chi connectivity index (χ3v) is 6.69. The van der Waals surface area contributed by atoms with Crippen LogP contribution in [-0.4, -0.2) is 38.1 Å². The van der Waals surface area contributed by atoms with Gasteiger partial charge in [0.15, 0.2) is 0 Å². The van der Waals surface area contributed by atoms with Gasteiger partial charge in [0.05, 0.1) is 49.2 Å². The van der Waals surface area contributed by atoms with Crippen molar-refractivity contribution in [2.24, 2.45) is 0 Å². The number of halogens is 1. The second-order valence-corrected chi connectivity index (χ2v) is 9.07. The van der Waals surface area contributed by atoms with E-state index in [9.17, 15) is 14.7 Å². The minimum atomic E-state index is -0.924. The standard InChI is InChI=1S/C29H28ClNO6/c1-6-17-7-9-18(10-8-17)25-24(26(32)22-11-16(2)12-23(30)28(22)37-5)27(33)29(34)31(25)19-13-20(35-3)15-21(14-19)36-4/h7-15,25,32H,6H2,1-5H3/b26-24+. The second-order valence-electron chi connectivity index (χ2n) is 8.66. The van der Waals surface area contributed by atoms with Crippen LogP contribution < -0.4 is 19.1 Å². The van der Waals surface area contributed by atoms with E-state index < -0.39 is 17.7 Å². The van der Waals surface area contributed by atoms with Gasteiger partial charge >= 0.3 is 0 Å². The van der Waals surface area contributed by atoms with Crippen LogP contribution in [0.4, 0.5) is 5.69 Å². The molecule has 3 aromatic rings. The van der Waals surface area contributed by atoms with Gasteiger partial charge < -0.3 is 19.3 Å². The summed E-state index contributed by atoms with van der Waals surface area (Å²) in [6.45, 7) is 3.85. The number of aliphatic hydroxyl groups excluding tert-OH is 1. The van der Waals surface area contributed by atoms with E-state index in [0.717, 1.165) is 17.5 Å². The Bertz CT molecular complexity index is 1370. The van der Waals surface area contributed by atoms with Crippen molar-refractivity contribution in [3.63, 3.8) is 0 Å². The van der Waals surface area contributed by atoms with E-state index in [2.05, 4.69) is 0 Å². The molecule has 1 heterocycles. The zero-order valence-electron chi connectivity index (χ0n) is 21.3. The maximum Gasteiger partial charge on any atom is 0.300 e. The number of ether oxygens (including phenoxy) is 3. The lowest BCUT2D eigenvalue weighted by Crippen LogP contribution is -2.29. The molecule has 0 saturated carbocycles. The maximum absolute atomic E-state index is 13.5. The van der Waals surface area contributed by atoms with E-state index in [0.29, 0.717) is 22.7 Å². The summed E-state index contributed by atoms with van der Waals surface area (Å²) in [5, 5.41) is 11.8. The quantitative estimate of drug-likeness (QED) is 0.238. The van der Waals surface area contributed by atoms with Crippen LogP contribution in [0.5, 0.6) is 17.2 Å². The topological polar surface area (TPSA) is 85.3 Å². The molecule has 4 rings (SSSR count). The molecule has 37 heavy (non-hydrogen) atoms. The van der Waals surface area contributed by atoms with Gasteiger partial charge in [0.1, 0.15) is 23.0 Å². The zero-order chi connectivity index (χ0) is 26.9. The van der Waals surface area contributed by atoms with Crippen LogP contribution in [0.1, 0.15) is 35.2 Å². The van der Waals surface area contributed by atoms with Crippen molar-refractivity contribution in [1.29, 1.82) is 0 Å². The van der Waals surface area contributed by atoms with Crippen molar-refractivity contribution in [3.05, 3.63) is 87.4 Å². The number of aryl methyl sites for hydroxylation is 2. The Morgan fingerprint density at radius 1 is 0.946 bits per heavy atom. The number of carbonyl (C=O) groups excluding carboxylic acids is 2. The van der Waals surface area contributed by atoms with Crippen LogP contribution in [0, 0.1) is 6.92 Å². The fourth-order valence-electron chi connectivity index (χ4n) is 4.54. The Morgan fingerprint density at radius 2 is 1.57 bits per heavy atom. The van der Waals surface area contributed by atoms with E-state index in [4.69, 9.17) is 25.8 Å². The summed E-state index contributed by atoms with van der Waals surface area (Å²) in [5.74, 6) is -0.892. The number of aliphatic hydroxyl groups is 1. The molecule has 1 unspecified atom stereocenters. The van der Waals surface area contributed by atoms with E-state index >= 15 is 0 Å². The number of rotatable bonds is 7. The number of Topliss-reactive ketones (excluding diaryl/α,β-unsaturated/α-hetero) is 1. The molecule has 1 aliphatic rings. The van der Waals surface area contributed by atoms with E-state index in [1.54, 1.807) is 30.3 Å². The molecule has 1 atom stereocenters. The molecule has 8 heteroatoms. The molecule has 0 radical (unpaired) electrons. The van der Waals surface area contributed by atoms with Gasteiger partial charge in [-0.05, 0) is 42.2 Å². The zero-order valence-corrected chi connectivity index (χ0v) is 22.1. The lowest BCUT2D eigenvalue weighted by atomic mass is 9.93. The van der Waals surface area contributed by atoms with Gasteiger partial charge in [-0.15, -0.1) is 0 Å². The van der Waals surface area contributed by atoms with Crippen molar-refractivity contribution >= 4 is 34.7 Å². The van der Waals surface area contributed by atoms with E-state index in [1.165, 1.54) is 26.2 Å². The summed E-state index contributed by atoms with van der Waals surface area (Å²) >= 11 is 6.38. The van der Waals surface area contributed by atoms with E-state index in [-0.39, 0.29) is 27.7 Å². The third kappa shape index (κ3) is 4.74. The van der Waals surface area contributed by atoms with Crippen LogP contribution in [0.3, 0.4) is 0 Å². The monoisotopic (exact) mass is 521 g/mol. The first-order valence-electron chi connectivity index (χ1n) is 11.7. The van der Waals surface area contributed by atoms with Gasteiger partial charge in [0.25, 0.3) is 11.7 Å². The number of hydrogen-bond donors (Lipinski definition) is 1. The Balaban J connectivity index is 2.02. The highest BCUT2D eigenvalue weighted by molar-refractivity contribution is 6.51. The first-order chi connectivity index (χ1) is 17.7. The molecule has 0 aromatic heterocycles. The summed E-state index contributed by atoms with van der Waals surface area (Å²) in [5.41, 5.74) is 3.03. The van der Waals surface area contributed by atoms with Crippen LogP contribution in [0.2, 0.25) is 5.02 Å². The predicted molar refractivity (Wildman–Crippen MR) is 143 cm³/mol. The van der Waals surface area contributed by atoms with Crippen LogP contribution in [-0.2, 0) is 16.0 Å². The summed E-state index contributed by atoms with van der Waals surface area (Å²) in [7, 11) is 4.43. The molecule has 1 fully saturated rings. The Hall–Kier alpha value is -3.97. The highest BCUT2D eigenvalue weighted by Crippen LogP contribution is 2.45. The second kappa shape index (κ2) is 10.6. The Morgan fingerprint density at radius 3 is 2.11 bits per heavy atom. The summed E-state index contributed by atoms with van der Waals surface area (Å²) in [6, 6.07) is 15.0. The average molecular weight is 522 g/mol. The number of hydrogen-bond acceptors (Lipinski definition) is 6. The molecule has 3 aromatic carbocycles. The number of nitrogens with zero attached hydrogens (tertiary/aromatic N) is 1. The lowest BCUT2D eigenvalue weighted by molar-refractivity contribution is -0.132. The maximum atomic E-state index is 13.5. The molecule has 0 spiro atoms. The summed E-state index contributed by atoms with van der Waals surface area (Å²) in [6.07, 6.45) is 0.826. The number of benzene rings is 3. The smallest absolute Gasteiger partial charge is 0.300 e. The molecule has 1 N–H and O–H groups in total. The van der Waals surface area contributed by atoms with Gasteiger partial charge in [-0.1, -0.05) is 42.8 Å². The predicted octanol–water partition coefficient (Wildman–Crippen LogP) is 5.86. The number of methoxy groups -OCH3 is 3. The highest BCUT2D eigenvalue weighted by atomic mass is 35.5. The Labute approximate surface area is 220 Å². The van der Waals surface area contributed by atoms with Crippen molar-refractivity contribution < 1.29 is 28.9 Å². The van der Waals surface area contributed by atoms with Crippen LogP contribution in [0.15, 0.2) is 60.2 Å². The number of amides is 1. The molecule has 192 valence electrons. The fourth-order valence-corrected chi connectivity index (χ4v) is 4.89. The first kappa shape index (κ1) is 26.1. The number of carbonyl (C=O) groups is 2. The molecule has 0 bridgehead atoms. The normalized spacial score (nSPS) is 16.7. The van der Waals surface area contributed by atoms with Gasteiger partial charge in [-0.3, -0.25) is 14.5 Å². The van der Waals surface area contributed by atoms with E-state index in [1.807, 2.05) is 38.1 Å². The summed E-state index contributed by atoms with van der Waals surface area (Å²) in [4.78, 5) is 28.4. The average Bonchev–Trinajstić information content (AvgIpc) is 3.17. The van der Waals surface area contributed by atoms with Gasteiger partial charge in [-0.2, -0.15) is 0 Å². The number of anilines is 1. The summed E-state index contributed by atoms with van der Waals surface area (Å²) < 4.78 is 16.2. The van der Waals surface area contributed by atoms with Crippen LogP contribution >= 0.6 is 11.6 Å². The molecule has 1 aliphatic heterocycles. The highest BCUT2D eigenvalue weighted by Gasteiger charge is 2.47. The minimum Gasteiger partial charge on any atom is -0.507 e. The molecular formula is C29H28ClNO6. The van der Waals surface area contributed by atoms with Gasteiger partial charge in [-0.25, -0.2) is 0 Å². The van der Waals surface area contributed by atoms with Gasteiger partial charge in [0.2, 0.25) is 0 Å². The largest absolute Gasteiger partial charge is 0.507 e. The fraction of sp³-hybridized carbons (Fsp3) is 0.241. The van der Waals surface area contributed by atoms with Crippen LogP contribution in [0.25, 0.3) is 5.76 Å². The van der Waals surface area contributed by atoms with Crippen molar-refractivity contribution in [1.82, 2.24) is 0 Å². The lowest BCUT2D eigenvalue weighted by Gasteiger charge is -2.26. The Kier molecular flexibility index (Phi) is 7.45. The van der Waals surface area contributed by atoms with Crippen molar-refractivity contribution in [3.8, 4) is 17.2 Å². The molecular weight excluding hydrogens is 494 g/mol. The molecule has 1 saturated heterocycles. The molecule has 0 aliphatic carbocycles. The number of ketones is 1. The van der Waals surface area contributed by atoms with Crippen molar-refractivity contribution in [2.75, 3.05) is 26.2 Å². The first-order valence-corrected chi connectivity index (χ1v) is 12.1. The van der Waals surface area contributed by atoms with Gasteiger partial charge in [0, 0.05) is 18.2 Å². The SMILES string of the molecule is CCc1ccc(C2/C(=C(\O)c3cc(C)cc(Cl)c3OC)C(=O)C(=O)N2c2cc(OC)cc(OC)c2)cc1. The third-order valence-electron chi connectivity index (χ3n) is 6.41. The molecule has 1 amide bonds. The minimum absolute atomic E-state index is 0.0731. The van der Waals surface area contributed by atoms with Crippen molar-refractivity contribution in [2.45, 2.75) is 26.3 Å².